The maximum Gasteiger partial charge on any atom is 0.324 e. The zero-order valence-electron chi connectivity index (χ0n) is 18.2. The van der Waals surface area contributed by atoms with Crippen molar-refractivity contribution in [3.63, 3.8) is 0 Å². The Balaban J connectivity index is 1.58. The molecule has 0 spiro atoms. The van der Waals surface area contributed by atoms with Gasteiger partial charge in [-0.25, -0.2) is 14.8 Å². The second-order valence-electron chi connectivity index (χ2n) is 9.12. The number of carbonyl (C=O) groups excluding carboxylic acids is 1. The third kappa shape index (κ3) is 4.08. The zero-order chi connectivity index (χ0) is 21.5. The Morgan fingerprint density at radius 1 is 1.07 bits per heavy atom. The number of fused-ring (bicyclic) bond motifs is 1. The largest absolute Gasteiger partial charge is 0.421 e. The summed E-state index contributed by atoms with van der Waals surface area (Å²) in [6, 6.07) is 11.5. The van der Waals surface area contributed by atoms with Crippen molar-refractivity contribution in [1.82, 2.24) is 19.8 Å². The van der Waals surface area contributed by atoms with E-state index >= 15 is 0 Å². The predicted molar refractivity (Wildman–Crippen MR) is 117 cm³/mol. The third-order valence-corrected chi connectivity index (χ3v) is 5.28. The molecule has 1 atom stereocenters. The maximum absolute atomic E-state index is 12.8. The molecule has 2 aromatic heterocycles. The monoisotopic (exact) mass is 404 g/mol. The van der Waals surface area contributed by atoms with E-state index in [1.165, 1.54) is 0 Å². The van der Waals surface area contributed by atoms with Gasteiger partial charge < -0.3 is 9.64 Å². The van der Waals surface area contributed by atoms with E-state index in [-0.39, 0.29) is 17.5 Å². The minimum atomic E-state index is 0.0321. The number of ether oxygens (including phenoxy) is 1. The molecule has 4 rings (SSSR count). The van der Waals surface area contributed by atoms with Crippen molar-refractivity contribution < 1.29 is 9.53 Å². The van der Waals surface area contributed by atoms with E-state index in [1.54, 1.807) is 0 Å². The number of allylic oxidation sites excluding steroid dienone is 2. The van der Waals surface area contributed by atoms with E-state index in [4.69, 9.17) is 4.74 Å². The molecule has 0 N–H and O–H groups in total. The molecule has 1 saturated heterocycles. The molecular weight excluding hydrogens is 376 g/mol. The SMILES string of the molecule is Cc1cccc(Oc2cccc(C3=CC=C4C(C3)N(C)C(=O)N4CC(C)(C)C)n2)n1. The lowest BCUT2D eigenvalue weighted by atomic mass is 9.93. The van der Waals surface area contributed by atoms with Gasteiger partial charge in [0, 0.05) is 43.5 Å². The lowest BCUT2D eigenvalue weighted by Crippen LogP contribution is -2.35. The Morgan fingerprint density at radius 3 is 2.47 bits per heavy atom. The maximum atomic E-state index is 12.8. The Morgan fingerprint density at radius 2 is 1.77 bits per heavy atom. The van der Waals surface area contributed by atoms with Crippen molar-refractivity contribution in [3.05, 3.63) is 65.6 Å². The number of rotatable bonds is 4. The van der Waals surface area contributed by atoms with Crippen LogP contribution in [0.5, 0.6) is 11.8 Å². The summed E-state index contributed by atoms with van der Waals surface area (Å²) in [7, 11) is 1.88. The first-order valence-electron chi connectivity index (χ1n) is 10.3. The van der Waals surface area contributed by atoms with E-state index in [2.05, 4.69) is 42.9 Å². The van der Waals surface area contributed by atoms with Crippen LogP contribution >= 0.6 is 0 Å². The highest BCUT2D eigenvalue weighted by Gasteiger charge is 2.42. The van der Waals surface area contributed by atoms with Crippen LogP contribution in [0.15, 0.2) is 54.2 Å². The van der Waals surface area contributed by atoms with Crippen LogP contribution < -0.4 is 4.74 Å². The molecule has 0 saturated carbocycles. The molecular formula is C24H28N4O2. The van der Waals surface area contributed by atoms with Gasteiger partial charge in [0.25, 0.3) is 0 Å². The normalized spacial score (nSPS) is 18.8. The molecule has 1 unspecified atom stereocenters. The van der Waals surface area contributed by atoms with Crippen LogP contribution in [0.4, 0.5) is 4.79 Å². The Hall–Kier alpha value is -3.15. The topological polar surface area (TPSA) is 58.6 Å². The smallest absolute Gasteiger partial charge is 0.324 e. The molecule has 2 aromatic rings. The fourth-order valence-corrected chi connectivity index (χ4v) is 3.87. The van der Waals surface area contributed by atoms with E-state index in [0.717, 1.165) is 29.1 Å². The third-order valence-electron chi connectivity index (χ3n) is 5.28. The van der Waals surface area contributed by atoms with Crippen LogP contribution in [0.2, 0.25) is 0 Å². The van der Waals surface area contributed by atoms with Crippen LogP contribution in [0.1, 0.15) is 38.6 Å². The number of likely N-dealkylation sites (N-methyl/N-ethyl adjacent to an activating group) is 1. The fraction of sp³-hybridized carbons (Fsp3) is 0.375. The van der Waals surface area contributed by atoms with E-state index in [1.807, 2.05) is 60.2 Å². The second kappa shape index (κ2) is 7.59. The van der Waals surface area contributed by atoms with E-state index in [9.17, 15) is 4.79 Å². The van der Waals surface area contributed by atoms with Gasteiger partial charge in [0.05, 0.1) is 11.7 Å². The summed E-state index contributed by atoms with van der Waals surface area (Å²) in [5, 5.41) is 0. The van der Waals surface area contributed by atoms with Crippen molar-refractivity contribution in [3.8, 4) is 11.8 Å². The highest BCUT2D eigenvalue weighted by atomic mass is 16.5. The molecule has 0 aromatic carbocycles. The van der Waals surface area contributed by atoms with Crippen molar-refractivity contribution >= 4 is 11.6 Å². The molecule has 2 aliphatic rings. The highest BCUT2D eigenvalue weighted by molar-refractivity contribution is 5.83. The number of aryl methyl sites for hydroxylation is 1. The van der Waals surface area contributed by atoms with Crippen LogP contribution in [0, 0.1) is 12.3 Å². The number of urea groups is 1. The lowest BCUT2D eigenvalue weighted by Gasteiger charge is -2.28. The first-order valence-corrected chi connectivity index (χ1v) is 10.3. The number of pyridine rings is 2. The second-order valence-corrected chi connectivity index (χ2v) is 9.12. The molecule has 0 bridgehead atoms. The average Bonchev–Trinajstić information content (AvgIpc) is 2.91. The van der Waals surface area contributed by atoms with E-state index in [0.29, 0.717) is 18.3 Å². The van der Waals surface area contributed by atoms with Crippen molar-refractivity contribution in [2.24, 2.45) is 5.41 Å². The quantitative estimate of drug-likeness (QED) is 0.717. The summed E-state index contributed by atoms with van der Waals surface area (Å²) >= 11 is 0. The van der Waals surface area contributed by atoms with Gasteiger partial charge in [0.2, 0.25) is 11.8 Å². The van der Waals surface area contributed by atoms with Gasteiger partial charge in [-0.3, -0.25) is 4.90 Å². The van der Waals surface area contributed by atoms with Gasteiger partial charge in [-0.15, -0.1) is 0 Å². The Bertz CT molecular complexity index is 1040. The predicted octanol–water partition coefficient (Wildman–Crippen LogP) is 5.03. The highest BCUT2D eigenvalue weighted by Crippen LogP contribution is 2.37. The van der Waals surface area contributed by atoms with Gasteiger partial charge in [0.1, 0.15) is 0 Å². The molecule has 156 valence electrons. The number of amides is 2. The summed E-state index contributed by atoms with van der Waals surface area (Å²) in [6.07, 6.45) is 4.87. The summed E-state index contributed by atoms with van der Waals surface area (Å²) in [5.74, 6) is 1.03. The number of hydrogen-bond acceptors (Lipinski definition) is 4. The Kier molecular flexibility index (Phi) is 5.10. The van der Waals surface area contributed by atoms with Crippen LogP contribution in [-0.2, 0) is 0 Å². The fourth-order valence-electron chi connectivity index (χ4n) is 3.87. The van der Waals surface area contributed by atoms with Crippen molar-refractivity contribution in [2.45, 2.75) is 40.2 Å². The first-order chi connectivity index (χ1) is 14.2. The van der Waals surface area contributed by atoms with Crippen molar-refractivity contribution in [1.29, 1.82) is 0 Å². The van der Waals surface area contributed by atoms with Gasteiger partial charge in [-0.05, 0) is 36.1 Å². The number of hydrogen-bond donors (Lipinski definition) is 0. The van der Waals surface area contributed by atoms with Crippen molar-refractivity contribution in [2.75, 3.05) is 13.6 Å². The van der Waals surface area contributed by atoms with Gasteiger partial charge in [-0.1, -0.05) is 39.0 Å². The Labute approximate surface area is 177 Å². The lowest BCUT2D eigenvalue weighted by molar-refractivity contribution is 0.184. The average molecular weight is 405 g/mol. The van der Waals surface area contributed by atoms with E-state index < -0.39 is 0 Å². The molecule has 30 heavy (non-hydrogen) atoms. The summed E-state index contributed by atoms with van der Waals surface area (Å²) in [5.41, 5.74) is 3.93. The van der Waals surface area contributed by atoms with Crippen LogP contribution in [0.25, 0.3) is 5.57 Å². The molecule has 1 aliphatic carbocycles. The van der Waals surface area contributed by atoms with Gasteiger partial charge >= 0.3 is 6.03 Å². The number of carbonyl (C=O) groups is 1. The van der Waals surface area contributed by atoms with Gasteiger partial charge in [0.15, 0.2) is 0 Å². The zero-order valence-corrected chi connectivity index (χ0v) is 18.2. The number of nitrogens with zero attached hydrogens (tertiary/aromatic N) is 4. The van der Waals surface area contributed by atoms with Gasteiger partial charge in [-0.2, -0.15) is 0 Å². The summed E-state index contributed by atoms with van der Waals surface area (Å²) < 4.78 is 5.85. The van der Waals surface area contributed by atoms with Crippen LogP contribution in [-0.4, -0.2) is 45.4 Å². The molecule has 1 aliphatic heterocycles. The minimum Gasteiger partial charge on any atom is -0.421 e. The molecule has 6 heteroatoms. The number of aromatic nitrogens is 2. The summed E-state index contributed by atoms with van der Waals surface area (Å²) in [4.78, 5) is 25.6. The standard InChI is InChI=1S/C24H28N4O2/c1-16-8-6-10-21(25-16)30-22-11-7-9-18(26-22)17-12-13-19-20(14-17)27(5)23(29)28(19)15-24(2,3)4/h6-13,20H,14-15H2,1-5H3. The van der Waals surface area contributed by atoms with Crippen LogP contribution in [0.3, 0.4) is 0 Å². The molecule has 3 heterocycles. The molecule has 0 radical (unpaired) electrons. The molecule has 1 fully saturated rings. The molecule has 2 amide bonds. The minimum absolute atomic E-state index is 0.0321. The summed E-state index contributed by atoms with van der Waals surface area (Å²) in [6.45, 7) is 9.08. The first kappa shape index (κ1) is 20.1. The molecule has 6 nitrogen and oxygen atoms in total.